The molecule has 0 aliphatic carbocycles. The van der Waals surface area contributed by atoms with E-state index in [0.717, 1.165) is 20.8 Å². The Morgan fingerprint density at radius 1 is 0.378 bits per heavy atom. The van der Waals surface area contributed by atoms with Gasteiger partial charge in [0.1, 0.15) is 134 Å². The van der Waals surface area contributed by atoms with E-state index in [-0.39, 0.29) is 0 Å². The molecule has 32 heteroatoms. The van der Waals surface area contributed by atoms with Crippen molar-refractivity contribution in [2.24, 2.45) is 0 Å². The van der Waals surface area contributed by atoms with Gasteiger partial charge < -0.3 is 145 Å². The molecule has 74 heavy (non-hydrogen) atoms. The number of hydrogen-bond donors (Lipinski definition) is 18. The van der Waals surface area contributed by atoms with Crippen LogP contribution in [-0.4, -0.2) is 305 Å². The Morgan fingerprint density at radius 3 is 1.32 bits per heavy atom. The van der Waals surface area contributed by atoms with Crippen molar-refractivity contribution in [3.63, 3.8) is 0 Å². The second-order valence-corrected chi connectivity index (χ2v) is 19.0. The summed E-state index contributed by atoms with van der Waals surface area (Å²) in [4.78, 5) is 37.9. The van der Waals surface area contributed by atoms with E-state index in [1.807, 2.05) is 0 Å². The Labute approximate surface area is 421 Å². The fraction of sp³-hybridized carbons (Fsp3) is 0.929. The Kier molecular flexibility index (Phi) is 21.2. The van der Waals surface area contributed by atoms with Crippen molar-refractivity contribution in [1.29, 1.82) is 0 Å². The van der Waals surface area contributed by atoms with E-state index in [9.17, 15) is 91.0 Å². The lowest BCUT2D eigenvalue weighted by atomic mass is 9.93. The molecule has 6 heterocycles. The van der Waals surface area contributed by atoms with Crippen LogP contribution in [0.2, 0.25) is 0 Å². The Morgan fingerprint density at radius 2 is 0.811 bits per heavy atom. The second-order valence-electron chi connectivity index (χ2n) is 19.0. The Balaban J connectivity index is 1.32. The molecule has 0 unspecified atom stereocenters. The molecule has 0 spiro atoms. The third-order valence-corrected chi connectivity index (χ3v) is 13.5. The highest BCUT2D eigenvalue weighted by Crippen LogP contribution is 2.37. The zero-order valence-corrected chi connectivity index (χ0v) is 40.6. The lowest BCUT2D eigenvalue weighted by molar-refractivity contribution is -0.382. The van der Waals surface area contributed by atoms with Crippen molar-refractivity contribution in [2.75, 3.05) is 26.4 Å². The average Bonchev–Trinajstić information content (AvgIpc) is 3.35. The van der Waals surface area contributed by atoms with E-state index in [1.54, 1.807) is 0 Å². The molecule has 0 aromatic carbocycles. The van der Waals surface area contributed by atoms with Crippen LogP contribution >= 0.6 is 0 Å². The van der Waals surface area contributed by atoms with Gasteiger partial charge in [0.05, 0.1) is 38.6 Å². The number of amides is 3. The third-order valence-electron chi connectivity index (χ3n) is 13.5. The molecule has 6 fully saturated rings. The molecule has 6 aliphatic rings. The van der Waals surface area contributed by atoms with Gasteiger partial charge in [0.15, 0.2) is 37.7 Å². The first-order chi connectivity index (χ1) is 34.8. The summed E-state index contributed by atoms with van der Waals surface area (Å²) in [6.45, 7) is 2.06. The molecule has 6 aliphatic heterocycles. The SMILES string of the molecule is CC(=O)N[C@@H]1[C@@H](O[C@@H]2O[C@H](CO)[C@H](O)[C@H](O)[C@H]2O[C@@H]2O[C@@H](C)[C@@H](O)[C@@H](O)[C@@H]2O)[C@@H](O)[C@@H](CO[C@@H]2O[C@H](CO)[C@@H](O[C@@H]3O[C@@H](C)[C@@H](O)[C@@H](O)[C@@H]3O)[C@H](O[C@@H]3O[C@H](CO)[C@@H](O)[C@H](O)[C@H]3NC(C)=O)[C@H]2NC(C)=O)O[C@@H]1O. The summed E-state index contributed by atoms with van der Waals surface area (Å²) < 4.78 is 64.9. The molecule has 0 bridgehead atoms. The number of carbonyl (C=O) groups excluding carboxylic acids is 3. The van der Waals surface area contributed by atoms with Crippen molar-refractivity contribution in [3.8, 4) is 0 Å². The molecular formula is C42H71N3O29. The fourth-order valence-corrected chi connectivity index (χ4v) is 9.49. The molecule has 30 atom stereocenters. The number of rotatable bonds is 17. The Bertz CT molecular complexity index is 1830. The lowest BCUT2D eigenvalue weighted by Gasteiger charge is -2.51. The van der Waals surface area contributed by atoms with Gasteiger partial charge in [0.25, 0.3) is 0 Å². The van der Waals surface area contributed by atoms with Gasteiger partial charge in [-0.15, -0.1) is 0 Å². The first-order valence-corrected chi connectivity index (χ1v) is 23.8. The highest BCUT2D eigenvalue weighted by atomic mass is 16.8. The maximum atomic E-state index is 13.0. The van der Waals surface area contributed by atoms with Gasteiger partial charge >= 0.3 is 0 Å². The van der Waals surface area contributed by atoms with Gasteiger partial charge in [-0.25, -0.2) is 0 Å². The number of carbonyl (C=O) groups is 3. The number of ether oxygens (including phenoxy) is 11. The summed E-state index contributed by atoms with van der Waals surface area (Å²) in [5.74, 6) is -2.39. The summed E-state index contributed by atoms with van der Waals surface area (Å²) in [5, 5.41) is 169. The van der Waals surface area contributed by atoms with Gasteiger partial charge in [-0.05, 0) is 13.8 Å². The number of nitrogens with one attached hydrogen (secondary N) is 3. The van der Waals surface area contributed by atoms with Crippen LogP contribution in [-0.2, 0) is 66.5 Å². The van der Waals surface area contributed by atoms with Crippen LogP contribution in [0.3, 0.4) is 0 Å². The summed E-state index contributed by atoms with van der Waals surface area (Å²) in [7, 11) is 0. The maximum absolute atomic E-state index is 13.0. The normalized spacial score (nSPS) is 49.1. The predicted molar refractivity (Wildman–Crippen MR) is 231 cm³/mol. The van der Waals surface area contributed by atoms with Gasteiger partial charge in [-0.3, -0.25) is 14.4 Å². The summed E-state index contributed by atoms with van der Waals surface area (Å²) in [5.41, 5.74) is 0. The fourth-order valence-electron chi connectivity index (χ4n) is 9.49. The van der Waals surface area contributed by atoms with Gasteiger partial charge in [0, 0.05) is 20.8 Å². The van der Waals surface area contributed by atoms with Crippen molar-refractivity contribution in [1.82, 2.24) is 16.0 Å². The minimum atomic E-state index is -2.10. The first-order valence-electron chi connectivity index (χ1n) is 23.8. The van der Waals surface area contributed by atoms with Crippen LogP contribution in [0.15, 0.2) is 0 Å². The zero-order chi connectivity index (χ0) is 54.8. The van der Waals surface area contributed by atoms with E-state index in [2.05, 4.69) is 16.0 Å². The first kappa shape index (κ1) is 60.6. The van der Waals surface area contributed by atoms with Crippen LogP contribution in [0, 0.1) is 0 Å². The smallest absolute Gasteiger partial charge is 0.217 e. The molecule has 0 aromatic rings. The van der Waals surface area contributed by atoms with E-state index in [1.165, 1.54) is 13.8 Å². The summed E-state index contributed by atoms with van der Waals surface area (Å²) in [6, 6.07) is -5.04. The van der Waals surface area contributed by atoms with Crippen molar-refractivity contribution in [3.05, 3.63) is 0 Å². The van der Waals surface area contributed by atoms with E-state index >= 15 is 0 Å². The van der Waals surface area contributed by atoms with Crippen LogP contribution in [0.4, 0.5) is 0 Å². The topological polar surface area (TPSA) is 492 Å². The number of aliphatic hydroxyl groups is 15. The number of hydrogen-bond acceptors (Lipinski definition) is 29. The van der Waals surface area contributed by atoms with Crippen molar-refractivity contribution in [2.45, 2.75) is 219 Å². The van der Waals surface area contributed by atoms with Crippen LogP contribution in [0.1, 0.15) is 34.6 Å². The lowest BCUT2D eigenvalue weighted by Crippen LogP contribution is -2.71. The minimum absolute atomic E-state index is 0.766. The molecule has 0 aromatic heterocycles. The highest BCUT2D eigenvalue weighted by Gasteiger charge is 2.58. The van der Waals surface area contributed by atoms with E-state index in [4.69, 9.17) is 52.1 Å². The largest absolute Gasteiger partial charge is 0.394 e. The van der Waals surface area contributed by atoms with Crippen molar-refractivity contribution >= 4 is 17.7 Å². The quantitative estimate of drug-likeness (QED) is 0.0643. The molecular weight excluding hydrogens is 1010 g/mol. The molecule has 18 N–H and O–H groups in total. The van der Waals surface area contributed by atoms with E-state index < -0.39 is 228 Å². The van der Waals surface area contributed by atoms with Gasteiger partial charge in [-0.2, -0.15) is 0 Å². The molecule has 3 amide bonds. The molecule has 0 radical (unpaired) electrons. The molecule has 32 nitrogen and oxygen atoms in total. The monoisotopic (exact) mass is 1080 g/mol. The molecule has 6 rings (SSSR count). The predicted octanol–water partition coefficient (Wildman–Crippen LogP) is -11.6. The van der Waals surface area contributed by atoms with Gasteiger partial charge in [-0.1, -0.05) is 0 Å². The maximum Gasteiger partial charge on any atom is 0.217 e. The summed E-state index contributed by atoms with van der Waals surface area (Å²) in [6.07, 6.45) is -48.3. The number of aliphatic hydroxyl groups excluding tert-OH is 15. The van der Waals surface area contributed by atoms with Gasteiger partial charge in [0.2, 0.25) is 17.7 Å². The minimum Gasteiger partial charge on any atom is -0.394 e. The average molecular weight is 1080 g/mol. The third kappa shape index (κ3) is 13.3. The van der Waals surface area contributed by atoms with Crippen LogP contribution < -0.4 is 16.0 Å². The van der Waals surface area contributed by atoms with Crippen LogP contribution in [0.25, 0.3) is 0 Å². The zero-order valence-electron chi connectivity index (χ0n) is 40.6. The highest BCUT2D eigenvalue weighted by molar-refractivity contribution is 5.74. The Hall–Kier alpha value is -2.63. The van der Waals surface area contributed by atoms with E-state index in [0.29, 0.717) is 0 Å². The summed E-state index contributed by atoms with van der Waals surface area (Å²) >= 11 is 0. The van der Waals surface area contributed by atoms with Crippen LogP contribution in [0.5, 0.6) is 0 Å². The van der Waals surface area contributed by atoms with Crippen molar-refractivity contribution < 1.29 is 143 Å². The molecule has 6 saturated heterocycles. The molecule has 428 valence electrons. The second kappa shape index (κ2) is 25.9. The standard InChI is InChI=1S/C42H71N3O29/c1-10-22(52)28(58)31(61)40(65-10)71-33-17(8-48)70-38(21(45-14(5)51)35(33)73-39-19(43-12(3)49)27(57)24(54)15(6-46)68-39)64-9-18-26(56)34(20(37(63)67-18)44-13(4)50)72-42-36(30(60)25(55)16(7-47)69-42)74-41-32(62)29(59)23(53)11(2)66-41/h10-11,15-42,46-48,52-63H,6-9H2,1-5H3,(H,43,49)(H,44,50)(H,45,51)/t10-,11-,15+,16+,17+,18+,19+,20+,21+,22+,23+,24+,25-,26-,27+,28+,29+,30-,31-,32-,33+,34+,35+,36+,37-,38+,39-,40-,41-,42-/m0/s1. The molecule has 0 saturated carbocycles.